The molecule has 2 N–H and O–H groups in total. The summed E-state index contributed by atoms with van der Waals surface area (Å²) in [6, 6.07) is 4.35. The maximum Gasteiger partial charge on any atom is 0.238 e. The predicted molar refractivity (Wildman–Crippen MR) is 58.0 cm³/mol. The molecule has 1 aromatic rings. The van der Waals surface area contributed by atoms with Crippen LogP contribution in [0.1, 0.15) is 12.8 Å². The molecule has 1 saturated carbocycles. The quantitative estimate of drug-likeness (QED) is 0.851. The third-order valence-electron chi connectivity index (χ3n) is 2.28. The van der Waals surface area contributed by atoms with E-state index in [4.69, 9.17) is 14.6 Å². The van der Waals surface area contributed by atoms with Crippen LogP contribution in [0.5, 0.6) is 11.5 Å². The fourth-order valence-electron chi connectivity index (χ4n) is 1.29. The van der Waals surface area contributed by atoms with Gasteiger partial charge in [0.25, 0.3) is 0 Å². The lowest BCUT2D eigenvalue weighted by atomic mass is 10.3. The summed E-state index contributed by atoms with van der Waals surface area (Å²) in [6.45, 7) is 0. The van der Waals surface area contributed by atoms with E-state index in [1.165, 1.54) is 19.2 Å². The number of nitrogens with two attached hydrogens (primary N) is 1. The van der Waals surface area contributed by atoms with Crippen LogP contribution in [-0.4, -0.2) is 21.6 Å². The third-order valence-corrected chi connectivity index (χ3v) is 3.19. The highest BCUT2D eigenvalue weighted by atomic mass is 32.2. The van der Waals surface area contributed by atoms with Crippen LogP contribution in [0.2, 0.25) is 0 Å². The highest BCUT2D eigenvalue weighted by molar-refractivity contribution is 7.89. The minimum absolute atomic E-state index is 0.0208. The second-order valence-corrected chi connectivity index (χ2v) is 5.24. The lowest BCUT2D eigenvalue weighted by Gasteiger charge is -2.10. The lowest BCUT2D eigenvalue weighted by Crippen LogP contribution is -2.12. The van der Waals surface area contributed by atoms with Gasteiger partial charge in [-0.25, -0.2) is 13.6 Å². The molecule has 0 heterocycles. The SMILES string of the molecule is COc1cc(S(N)(=O)=O)ccc1OC1CC1. The van der Waals surface area contributed by atoms with E-state index in [1.807, 2.05) is 0 Å². The lowest BCUT2D eigenvalue weighted by molar-refractivity contribution is 0.281. The largest absolute Gasteiger partial charge is 0.493 e. The van der Waals surface area contributed by atoms with Gasteiger partial charge in [0.05, 0.1) is 18.1 Å². The molecule has 88 valence electrons. The standard InChI is InChI=1S/C10H13NO4S/c1-14-10-6-8(16(11,12)13)4-5-9(10)15-7-2-3-7/h4-7H,2-3H2,1H3,(H2,11,12,13). The third kappa shape index (κ3) is 2.45. The van der Waals surface area contributed by atoms with Crippen LogP contribution in [0.25, 0.3) is 0 Å². The molecule has 0 spiro atoms. The first-order chi connectivity index (χ1) is 7.50. The van der Waals surface area contributed by atoms with Gasteiger partial charge in [-0.2, -0.15) is 0 Å². The van der Waals surface area contributed by atoms with Gasteiger partial charge in [0.15, 0.2) is 11.5 Å². The van der Waals surface area contributed by atoms with Crippen molar-refractivity contribution >= 4 is 10.0 Å². The van der Waals surface area contributed by atoms with Crippen molar-refractivity contribution in [1.82, 2.24) is 0 Å². The summed E-state index contributed by atoms with van der Waals surface area (Å²) < 4.78 is 32.9. The molecular weight excluding hydrogens is 230 g/mol. The molecule has 1 aliphatic carbocycles. The van der Waals surface area contributed by atoms with Crippen LogP contribution in [-0.2, 0) is 10.0 Å². The average molecular weight is 243 g/mol. The van der Waals surface area contributed by atoms with Gasteiger partial charge in [0.1, 0.15) is 0 Å². The number of benzene rings is 1. The molecule has 0 aliphatic heterocycles. The zero-order chi connectivity index (χ0) is 11.8. The molecule has 0 atom stereocenters. The van der Waals surface area contributed by atoms with Crippen molar-refractivity contribution in [2.45, 2.75) is 23.8 Å². The van der Waals surface area contributed by atoms with Crippen molar-refractivity contribution < 1.29 is 17.9 Å². The Labute approximate surface area is 94.2 Å². The fraction of sp³-hybridized carbons (Fsp3) is 0.400. The van der Waals surface area contributed by atoms with E-state index < -0.39 is 10.0 Å². The first-order valence-electron chi connectivity index (χ1n) is 4.88. The van der Waals surface area contributed by atoms with Gasteiger partial charge < -0.3 is 9.47 Å². The second-order valence-electron chi connectivity index (χ2n) is 3.67. The smallest absolute Gasteiger partial charge is 0.238 e. The van der Waals surface area contributed by atoms with Crippen molar-refractivity contribution in [3.63, 3.8) is 0 Å². The van der Waals surface area contributed by atoms with E-state index >= 15 is 0 Å². The summed E-state index contributed by atoms with van der Waals surface area (Å²) in [4.78, 5) is 0.0208. The molecule has 0 unspecified atom stereocenters. The Bertz CT molecular complexity index is 494. The number of primary sulfonamides is 1. The number of sulfonamides is 1. The van der Waals surface area contributed by atoms with E-state index in [2.05, 4.69) is 0 Å². The Morgan fingerprint density at radius 2 is 2.00 bits per heavy atom. The Morgan fingerprint density at radius 1 is 1.31 bits per heavy atom. The molecule has 1 fully saturated rings. The molecule has 1 aliphatic rings. The highest BCUT2D eigenvalue weighted by Crippen LogP contribution is 2.34. The molecule has 0 aromatic heterocycles. The number of hydrogen-bond acceptors (Lipinski definition) is 4. The summed E-state index contributed by atoms with van der Waals surface area (Å²) in [7, 11) is -2.24. The number of methoxy groups -OCH3 is 1. The summed E-state index contributed by atoms with van der Waals surface area (Å²) in [6.07, 6.45) is 2.29. The maximum absolute atomic E-state index is 11.1. The zero-order valence-corrected chi connectivity index (χ0v) is 9.66. The van der Waals surface area contributed by atoms with Gasteiger partial charge in [0.2, 0.25) is 10.0 Å². The minimum Gasteiger partial charge on any atom is -0.493 e. The maximum atomic E-state index is 11.1. The van der Waals surface area contributed by atoms with E-state index in [0.29, 0.717) is 11.5 Å². The minimum atomic E-state index is -3.70. The Hall–Kier alpha value is -1.27. The molecule has 0 saturated heterocycles. The number of rotatable bonds is 4. The second kappa shape index (κ2) is 3.95. The Morgan fingerprint density at radius 3 is 2.50 bits per heavy atom. The van der Waals surface area contributed by atoms with E-state index in [0.717, 1.165) is 12.8 Å². The van der Waals surface area contributed by atoms with Gasteiger partial charge in [-0.3, -0.25) is 0 Å². The van der Waals surface area contributed by atoms with Crippen molar-refractivity contribution in [2.24, 2.45) is 5.14 Å². The van der Waals surface area contributed by atoms with Crippen LogP contribution in [0.15, 0.2) is 23.1 Å². The fourth-order valence-corrected chi connectivity index (χ4v) is 1.82. The van der Waals surface area contributed by atoms with Gasteiger partial charge in [-0.15, -0.1) is 0 Å². The molecule has 0 radical (unpaired) electrons. The van der Waals surface area contributed by atoms with Gasteiger partial charge in [0, 0.05) is 6.07 Å². The van der Waals surface area contributed by atoms with Gasteiger partial charge in [-0.05, 0) is 25.0 Å². The molecule has 0 bridgehead atoms. The van der Waals surface area contributed by atoms with Crippen LogP contribution < -0.4 is 14.6 Å². The molecule has 2 rings (SSSR count). The normalized spacial score (nSPS) is 15.9. The van der Waals surface area contributed by atoms with Crippen molar-refractivity contribution in [1.29, 1.82) is 0 Å². The topological polar surface area (TPSA) is 78.6 Å². The number of hydrogen-bond donors (Lipinski definition) is 1. The van der Waals surface area contributed by atoms with Gasteiger partial charge in [-0.1, -0.05) is 0 Å². The van der Waals surface area contributed by atoms with Crippen molar-refractivity contribution in [2.75, 3.05) is 7.11 Å². The zero-order valence-electron chi connectivity index (χ0n) is 8.84. The molecule has 5 nitrogen and oxygen atoms in total. The van der Waals surface area contributed by atoms with Gasteiger partial charge >= 0.3 is 0 Å². The molecular formula is C10H13NO4S. The number of ether oxygens (including phenoxy) is 2. The summed E-state index contributed by atoms with van der Waals surface area (Å²) in [5.41, 5.74) is 0. The summed E-state index contributed by atoms with van der Waals surface area (Å²) in [5.74, 6) is 0.941. The predicted octanol–water partition coefficient (Wildman–Crippen LogP) is 0.884. The van der Waals surface area contributed by atoms with Crippen LogP contribution in [0, 0.1) is 0 Å². The molecule has 6 heteroatoms. The summed E-state index contributed by atoms with van der Waals surface area (Å²) in [5, 5.41) is 5.02. The molecule has 1 aromatic carbocycles. The first kappa shape index (κ1) is 11.2. The average Bonchev–Trinajstić information content (AvgIpc) is 3.00. The van der Waals surface area contributed by atoms with E-state index in [-0.39, 0.29) is 11.0 Å². The van der Waals surface area contributed by atoms with Crippen LogP contribution >= 0.6 is 0 Å². The van der Waals surface area contributed by atoms with Crippen LogP contribution in [0.3, 0.4) is 0 Å². The Kier molecular flexibility index (Phi) is 2.77. The Balaban J connectivity index is 2.33. The first-order valence-corrected chi connectivity index (χ1v) is 6.43. The van der Waals surface area contributed by atoms with Crippen molar-refractivity contribution in [3.05, 3.63) is 18.2 Å². The van der Waals surface area contributed by atoms with Crippen LogP contribution in [0.4, 0.5) is 0 Å². The molecule has 0 amide bonds. The monoisotopic (exact) mass is 243 g/mol. The van der Waals surface area contributed by atoms with Crippen molar-refractivity contribution in [3.8, 4) is 11.5 Å². The molecule has 16 heavy (non-hydrogen) atoms. The van der Waals surface area contributed by atoms with E-state index in [1.54, 1.807) is 6.07 Å². The summed E-state index contributed by atoms with van der Waals surface area (Å²) >= 11 is 0. The highest BCUT2D eigenvalue weighted by Gasteiger charge is 2.25. The van der Waals surface area contributed by atoms with E-state index in [9.17, 15) is 8.42 Å².